The van der Waals surface area contributed by atoms with Crippen molar-refractivity contribution in [2.45, 2.75) is 40.4 Å². The van der Waals surface area contributed by atoms with Crippen molar-refractivity contribution in [1.82, 2.24) is 0 Å². The maximum atomic E-state index is 12.5. The van der Waals surface area contributed by atoms with Crippen LogP contribution in [-0.2, 0) is 20.9 Å². The van der Waals surface area contributed by atoms with Crippen molar-refractivity contribution < 1.29 is 19.1 Å². The molecule has 0 aliphatic rings. The number of aryl methyl sites for hydroxylation is 3. The second-order valence-electron chi connectivity index (χ2n) is 8.12. The summed E-state index contributed by atoms with van der Waals surface area (Å²) >= 11 is 6.14. The van der Waals surface area contributed by atoms with Gasteiger partial charge in [0.1, 0.15) is 12.4 Å². The van der Waals surface area contributed by atoms with E-state index in [9.17, 15) is 9.59 Å². The van der Waals surface area contributed by atoms with Crippen LogP contribution < -0.4 is 10.1 Å². The summed E-state index contributed by atoms with van der Waals surface area (Å²) in [6, 6.07) is 18.8. The maximum absolute atomic E-state index is 12.5. The Labute approximate surface area is 205 Å². The summed E-state index contributed by atoms with van der Waals surface area (Å²) in [6.45, 7) is 7.78. The first kappa shape index (κ1) is 25.1. The quantitative estimate of drug-likeness (QED) is 0.300. The van der Waals surface area contributed by atoms with E-state index < -0.39 is 12.1 Å². The zero-order valence-electron chi connectivity index (χ0n) is 19.7. The van der Waals surface area contributed by atoms with Crippen LogP contribution in [0.25, 0.3) is 6.08 Å². The number of hydrogen-bond donors (Lipinski definition) is 1. The molecule has 34 heavy (non-hydrogen) atoms. The van der Waals surface area contributed by atoms with Crippen LogP contribution in [0, 0.1) is 20.8 Å². The first-order valence-corrected chi connectivity index (χ1v) is 11.3. The number of esters is 1. The van der Waals surface area contributed by atoms with Gasteiger partial charge in [0.05, 0.1) is 0 Å². The number of anilines is 1. The van der Waals surface area contributed by atoms with Crippen molar-refractivity contribution in [3.05, 3.63) is 99.6 Å². The van der Waals surface area contributed by atoms with Gasteiger partial charge < -0.3 is 14.8 Å². The lowest BCUT2D eigenvalue weighted by atomic mass is 10.0. The van der Waals surface area contributed by atoms with Gasteiger partial charge >= 0.3 is 5.97 Å². The van der Waals surface area contributed by atoms with Gasteiger partial charge in [-0.15, -0.1) is 0 Å². The summed E-state index contributed by atoms with van der Waals surface area (Å²) in [5.74, 6) is -0.289. The average molecular weight is 478 g/mol. The summed E-state index contributed by atoms with van der Waals surface area (Å²) in [6.07, 6.45) is 1.99. The number of nitrogens with one attached hydrogen (secondary N) is 1. The molecule has 0 aliphatic heterocycles. The Morgan fingerprint density at radius 2 is 1.65 bits per heavy atom. The van der Waals surface area contributed by atoms with Crippen molar-refractivity contribution in [3.63, 3.8) is 0 Å². The summed E-state index contributed by atoms with van der Waals surface area (Å²) in [4.78, 5) is 24.7. The van der Waals surface area contributed by atoms with E-state index in [1.165, 1.54) is 6.08 Å². The lowest BCUT2D eigenvalue weighted by Gasteiger charge is -2.16. The molecule has 0 aromatic heterocycles. The van der Waals surface area contributed by atoms with Gasteiger partial charge in [0.2, 0.25) is 0 Å². The lowest BCUT2D eigenvalue weighted by molar-refractivity contribution is -0.148. The van der Waals surface area contributed by atoms with Gasteiger partial charge in [0, 0.05) is 22.3 Å². The molecule has 0 unspecified atom stereocenters. The molecule has 0 aliphatic carbocycles. The van der Waals surface area contributed by atoms with Crippen LogP contribution in [0.4, 0.5) is 5.69 Å². The molecule has 0 fully saturated rings. The van der Waals surface area contributed by atoms with Gasteiger partial charge in [-0.1, -0.05) is 59.6 Å². The highest BCUT2D eigenvalue weighted by Crippen LogP contribution is 2.22. The summed E-state index contributed by atoms with van der Waals surface area (Å²) < 4.78 is 11.0. The smallest absolute Gasteiger partial charge is 0.331 e. The standard InChI is InChI=1S/C28H28ClNO4/c1-18-15-19(2)27(20(3)16-18)30-28(32)21(4)34-26(31)14-11-22-9-12-24(13-10-22)33-17-23-7-5-6-8-25(23)29/h5-16,21H,17H2,1-4H3,(H,30,32)/t21-/m0/s1. The first-order chi connectivity index (χ1) is 16.2. The van der Waals surface area contributed by atoms with Crippen molar-refractivity contribution in [1.29, 1.82) is 0 Å². The number of ether oxygens (including phenoxy) is 2. The second kappa shape index (κ2) is 11.5. The fraction of sp³-hybridized carbons (Fsp3) is 0.214. The summed E-state index contributed by atoms with van der Waals surface area (Å²) in [5, 5.41) is 3.52. The third-order valence-corrected chi connectivity index (χ3v) is 5.60. The van der Waals surface area contributed by atoms with Gasteiger partial charge in [-0.3, -0.25) is 4.79 Å². The first-order valence-electron chi connectivity index (χ1n) is 11.0. The van der Waals surface area contributed by atoms with Crippen LogP contribution in [0.15, 0.2) is 66.7 Å². The van der Waals surface area contributed by atoms with E-state index in [0.29, 0.717) is 17.4 Å². The van der Waals surface area contributed by atoms with E-state index in [1.54, 1.807) is 13.0 Å². The number of amides is 1. The molecule has 0 saturated carbocycles. The molecular formula is C28H28ClNO4. The monoisotopic (exact) mass is 477 g/mol. The van der Waals surface area contributed by atoms with Crippen LogP contribution in [0.5, 0.6) is 5.75 Å². The third-order valence-electron chi connectivity index (χ3n) is 5.23. The Bertz CT molecular complexity index is 1180. The molecule has 3 rings (SSSR count). The van der Waals surface area contributed by atoms with Crippen LogP contribution in [-0.4, -0.2) is 18.0 Å². The molecule has 1 N–H and O–H groups in total. The Morgan fingerprint density at radius 1 is 1.00 bits per heavy atom. The van der Waals surface area contributed by atoms with E-state index in [2.05, 4.69) is 5.32 Å². The fourth-order valence-corrected chi connectivity index (χ4v) is 3.68. The minimum absolute atomic E-state index is 0.364. The molecule has 1 amide bonds. The SMILES string of the molecule is Cc1cc(C)c(NC(=O)[C@H](C)OC(=O)C=Cc2ccc(OCc3ccccc3Cl)cc2)c(C)c1. The Kier molecular flexibility index (Phi) is 8.50. The molecule has 176 valence electrons. The van der Waals surface area contributed by atoms with E-state index >= 15 is 0 Å². The minimum Gasteiger partial charge on any atom is -0.489 e. The molecule has 0 spiro atoms. The van der Waals surface area contributed by atoms with Gasteiger partial charge in [-0.2, -0.15) is 0 Å². The Hall–Kier alpha value is -3.57. The van der Waals surface area contributed by atoms with Crippen LogP contribution in [0.3, 0.4) is 0 Å². The molecule has 3 aromatic rings. The fourth-order valence-electron chi connectivity index (χ4n) is 3.49. The number of halogens is 1. The van der Waals surface area contributed by atoms with Gasteiger partial charge in [0.15, 0.2) is 6.10 Å². The van der Waals surface area contributed by atoms with E-state index in [1.807, 2.05) is 81.4 Å². The number of carbonyl (C=O) groups excluding carboxylic acids is 2. The number of carbonyl (C=O) groups is 2. The largest absolute Gasteiger partial charge is 0.489 e. The highest BCUT2D eigenvalue weighted by molar-refractivity contribution is 6.31. The number of rotatable bonds is 8. The molecule has 0 saturated heterocycles. The normalized spacial score (nSPS) is 11.8. The van der Waals surface area contributed by atoms with Gasteiger partial charge in [0.25, 0.3) is 5.91 Å². The van der Waals surface area contributed by atoms with Gasteiger partial charge in [-0.25, -0.2) is 4.79 Å². The van der Waals surface area contributed by atoms with Crippen LogP contribution in [0.2, 0.25) is 5.02 Å². The topological polar surface area (TPSA) is 64.6 Å². The number of hydrogen-bond acceptors (Lipinski definition) is 4. The third kappa shape index (κ3) is 6.96. The molecule has 0 radical (unpaired) electrons. The molecule has 5 nitrogen and oxygen atoms in total. The lowest BCUT2D eigenvalue weighted by Crippen LogP contribution is -2.30. The molecule has 3 aromatic carbocycles. The Balaban J connectivity index is 1.51. The zero-order chi connectivity index (χ0) is 24.7. The van der Waals surface area contributed by atoms with Crippen molar-refractivity contribution >= 4 is 35.2 Å². The molecule has 0 heterocycles. The molecule has 6 heteroatoms. The summed E-state index contributed by atoms with van der Waals surface area (Å²) in [5.41, 5.74) is 5.49. The predicted molar refractivity (Wildman–Crippen MR) is 136 cm³/mol. The van der Waals surface area contributed by atoms with E-state index in [4.69, 9.17) is 21.1 Å². The maximum Gasteiger partial charge on any atom is 0.331 e. The Morgan fingerprint density at radius 3 is 2.29 bits per heavy atom. The van der Waals surface area contributed by atoms with Crippen molar-refractivity contribution in [2.75, 3.05) is 5.32 Å². The number of benzene rings is 3. The molecule has 1 atom stereocenters. The second-order valence-corrected chi connectivity index (χ2v) is 8.53. The average Bonchev–Trinajstić information content (AvgIpc) is 2.80. The van der Waals surface area contributed by atoms with Crippen molar-refractivity contribution in [2.24, 2.45) is 0 Å². The van der Waals surface area contributed by atoms with Crippen LogP contribution >= 0.6 is 11.6 Å². The van der Waals surface area contributed by atoms with E-state index in [0.717, 1.165) is 33.5 Å². The summed E-state index contributed by atoms with van der Waals surface area (Å²) in [7, 11) is 0. The highest BCUT2D eigenvalue weighted by atomic mass is 35.5. The van der Waals surface area contributed by atoms with Crippen molar-refractivity contribution in [3.8, 4) is 5.75 Å². The predicted octanol–water partition coefficient (Wildman–Crippen LogP) is 6.43. The highest BCUT2D eigenvalue weighted by Gasteiger charge is 2.18. The molecule has 0 bridgehead atoms. The molecular weight excluding hydrogens is 450 g/mol. The van der Waals surface area contributed by atoms with Gasteiger partial charge in [-0.05, 0) is 68.7 Å². The zero-order valence-corrected chi connectivity index (χ0v) is 20.5. The van der Waals surface area contributed by atoms with Crippen LogP contribution in [0.1, 0.15) is 34.7 Å². The van der Waals surface area contributed by atoms with E-state index in [-0.39, 0.29) is 5.91 Å². The minimum atomic E-state index is -0.933.